The third kappa shape index (κ3) is 3.21. The van der Waals surface area contributed by atoms with Gasteiger partial charge in [-0.1, -0.05) is 27.7 Å². The lowest BCUT2D eigenvalue weighted by atomic mass is 9.78. The second-order valence-corrected chi connectivity index (χ2v) is 6.58. The molecule has 1 aliphatic rings. The van der Waals surface area contributed by atoms with Crippen molar-refractivity contribution in [3.8, 4) is 0 Å². The van der Waals surface area contributed by atoms with Crippen LogP contribution in [0, 0.1) is 11.3 Å². The molecule has 0 aromatic rings. The van der Waals surface area contributed by atoms with Gasteiger partial charge in [-0.25, -0.2) is 0 Å². The summed E-state index contributed by atoms with van der Waals surface area (Å²) in [7, 11) is 1.78. The summed E-state index contributed by atoms with van der Waals surface area (Å²) in [6, 6.07) is 0. The van der Waals surface area contributed by atoms with Crippen molar-refractivity contribution in [1.29, 1.82) is 0 Å². The van der Waals surface area contributed by atoms with Gasteiger partial charge in [0.15, 0.2) is 0 Å². The van der Waals surface area contributed by atoms with Gasteiger partial charge >= 0.3 is 0 Å². The van der Waals surface area contributed by atoms with Crippen molar-refractivity contribution >= 4 is 0 Å². The molecule has 17 heavy (non-hydrogen) atoms. The molecule has 1 saturated heterocycles. The van der Waals surface area contributed by atoms with Gasteiger partial charge in [0.25, 0.3) is 0 Å². The van der Waals surface area contributed by atoms with Crippen molar-refractivity contribution < 1.29 is 4.74 Å². The summed E-state index contributed by atoms with van der Waals surface area (Å²) in [4.78, 5) is 2.57. The predicted molar refractivity (Wildman–Crippen MR) is 73.1 cm³/mol. The van der Waals surface area contributed by atoms with Gasteiger partial charge in [0.1, 0.15) is 0 Å². The molecule has 3 heteroatoms. The van der Waals surface area contributed by atoms with Gasteiger partial charge in [-0.15, -0.1) is 0 Å². The Morgan fingerprint density at radius 1 is 1.41 bits per heavy atom. The van der Waals surface area contributed by atoms with Gasteiger partial charge in [0, 0.05) is 20.2 Å². The number of piperidine rings is 1. The first-order valence-electron chi connectivity index (χ1n) is 6.82. The van der Waals surface area contributed by atoms with E-state index in [4.69, 9.17) is 10.5 Å². The first-order chi connectivity index (χ1) is 7.88. The number of ether oxygens (including phenoxy) is 1. The summed E-state index contributed by atoms with van der Waals surface area (Å²) in [6.07, 6.45) is 2.58. The Bertz CT molecular complexity index is 240. The quantitative estimate of drug-likeness (QED) is 0.802. The Balaban J connectivity index is 2.89. The smallest absolute Gasteiger partial charge is 0.0661 e. The first-order valence-corrected chi connectivity index (χ1v) is 6.82. The lowest BCUT2D eigenvalue weighted by Gasteiger charge is -2.51. The molecule has 1 atom stereocenters. The van der Waals surface area contributed by atoms with Crippen LogP contribution in [0.1, 0.15) is 40.5 Å². The van der Waals surface area contributed by atoms with Crippen molar-refractivity contribution in [2.45, 2.75) is 46.1 Å². The first kappa shape index (κ1) is 14.9. The highest BCUT2D eigenvalue weighted by molar-refractivity contribution is 4.98. The molecule has 1 unspecified atom stereocenters. The Hall–Kier alpha value is -0.120. The van der Waals surface area contributed by atoms with Crippen LogP contribution in [0.3, 0.4) is 0 Å². The van der Waals surface area contributed by atoms with Crippen molar-refractivity contribution in [2.24, 2.45) is 17.1 Å². The molecule has 102 valence electrons. The van der Waals surface area contributed by atoms with Crippen LogP contribution in [0.25, 0.3) is 0 Å². The van der Waals surface area contributed by atoms with E-state index in [1.54, 1.807) is 7.11 Å². The molecule has 2 N–H and O–H groups in total. The lowest BCUT2D eigenvalue weighted by Crippen LogP contribution is -2.63. The third-order valence-electron chi connectivity index (χ3n) is 4.35. The molecule has 0 saturated carbocycles. The zero-order valence-electron chi connectivity index (χ0n) is 12.3. The molecule has 0 bridgehead atoms. The van der Waals surface area contributed by atoms with Crippen LogP contribution in [-0.4, -0.2) is 43.8 Å². The van der Waals surface area contributed by atoms with E-state index in [-0.39, 0.29) is 5.54 Å². The van der Waals surface area contributed by atoms with Crippen molar-refractivity contribution in [3.05, 3.63) is 0 Å². The minimum absolute atomic E-state index is 0.00639. The maximum Gasteiger partial charge on any atom is 0.0661 e. The van der Waals surface area contributed by atoms with E-state index in [0.29, 0.717) is 17.9 Å². The van der Waals surface area contributed by atoms with E-state index >= 15 is 0 Å². The monoisotopic (exact) mass is 242 g/mol. The van der Waals surface area contributed by atoms with Crippen LogP contribution in [0.15, 0.2) is 0 Å². The van der Waals surface area contributed by atoms with Gasteiger partial charge < -0.3 is 10.5 Å². The standard InChI is InChI=1S/C14H30N2O/c1-12(2)14(9-15,11-17-5)16-8-6-7-13(3,4)10-16/h12H,6-11,15H2,1-5H3. The van der Waals surface area contributed by atoms with E-state index in [2.05, 4.69) is 32.6 Å². The summed E-state index contributed by atoms with van der Waals surface area (Å²) >= 11 is 0. The Kier molecular flexibility index (Phi) is 4.99. The molecule has 1 heterocycles. The van der Waals surface area contributed by atoms with Crippen molar-refractivity contribution in [1.82, 2.24) is 4.90 Å². The molecule has 0 aromatic heterocycles. The van der Waals surface area contributed by atoms with Gasteiger partial charge in [-0.3, -0.25) is 4.90 Å². The van der Waals surface area contributed by atoms with Crippen LogP contribution in [0.5, 0.6) is 0 Å². The number of hydrogen-bond acceptors (Lipinski definition) is 3. The van der Waals surface area contributed by atoms with Crippen LogP contribution >= 0.6 is 0 Å². The zero-order valence-corrected chi connectivity index (χ0v) is 12.3. The summed E-state index contributed by atoms with van der Waals surface area (Å²) < 4.78 is 5.46. The van der Waals surface area contributed by atoms with Crippen LogP contribution in [-0.2, 0) is 4.74 Å². The average Bonchev–Trinajstić information content (AvgIpc) is 2.24. The maximum absolute atomic E-state index is 6.09. The highest BCUT2D eigenvalue weighted by Gasteiger charge is 2.42. The molecular formula is C14H30N2O. The van der Waals surface area contributed by atoms with Crippen LogP contribution in [0.4, 0.5) is 0 Å². The fourth-order valence-corrected chi connectivity index (χ4v) is 3.10. The van der Waals surface area contributed by atoms with Crippen LogP contribution < -0.4 is 5.73 Å². The molecule has 0 radical (unpaired) electrons. The van der Waals surface area contributed by atoms with Gasteiger partial charge in [0.2, 0.25) is 0 Å². The normalized spacial score (nSPS) is 24.9. The topological polar surface area (TPSA) is 38.5 Å². The second-order valence-electron chi connectivity index (χ2n) is 6.58. The Morgan fingerprint density at radius 2 is 2.06 bits per heavy atom. The molecule has 0 spiro atoms. The minimum atomic E-state index is 0.00639. The second kappa shape index (κ2) is 5.68. The molecule has 1 rings (SSSR count). The SMILES string of the molecule is COCC(CN)(C(C)C)N1CCCC(C)(C)C1. The van der Waals surface area contributed by atoms with E-state index in [0.717, 1.165) is 19.7 Å². The molecule has 3 nitrogen and oxygen atoms in total. The Labute approximate surface area is 107 Å². The van der Waals surface area contributed by atoms with E-state index in [1.165, 1.54) is 12.8 Å². The average molecular weight is 242 g/mol. The zero-order chi connectivity index (χ0) is 13.1. The fraction of sp³-hybridized carbons (Fsp3) is 1.00. The Morgan fingerprint density at radius 3 is 2.47 bits per heavy atom. The molecule has 0 aromatic carbocycles. The summed E-state index contributed by atoms with van der Waals surface area (Å²) in [6.45, 7) is 12.9. The fourth-order valence-electron chi connectivity index (χ4n) is 3.10. The summed E-state index contributed by atoms with van der Waals surface area (Å²) in [5, 5.41) is 0. The highest BCUT2D eigenvalue weighted by Crippen LogP contribution is 2.35. The largest absolute Gasteiger partial charge is 0.383 e. The molecule has 0 aliphatic carbocycles. The van der Waals surface area contributed by atoms with Gasteiger partial charge in [0.05, 0.1) is 12.1 Å². The number of methoxy groups -OCH3 is 1. The van der Waals surface area contributed by atoms with Gasteiger partial charge in [-0.2, -0.15) is 0 Å². The van der Waals surface area contributed by atoms with Crippen molar-refractivity contribution in [3.63, 3.8) is 0 Å². The maximum atomic E-state index is 6.09. The molecule has 1 aliphatic heterocycles. The van der Waals surface area contributed by atoms with E-state index in [9.17, 15) is 0 Å². The van der Waals surface area contributed by atoms with Crippen molar-refractivity contribution in [2.75, 3.05) is 33.4 Å². The van der Waals surface area contributed by atoms with E-state index in [1.807, 2.05) is 0 Å². The molecular weight excluding hydrogens is 212 g/mol. The van der Waals surface area contributed by atoms with Crippen LogP contribution in [0.2, 0.25) is 0 Å². The minimum Gasteiger partial charge on any atom is -0.383 e. The third-order valence-corrected chi connectivity index (χ3v) is 4.35. The molecule has 0 amide bonds. The number of hydrogen-bond donors (Lipinski definition) is 1. The number of nitrogens with two attached hydrogens (primary N) is 1. The number of rotatable bonds is 5. The molecule has 1 fully saturated rings. The highest BCUT2D eigenvalue weighted by atomic mass is 16.5. The van der Waals surface area contributed by atoms with E-state index < -0.39 is 0 Å². The lowest BCUT2D eigenvalue weighted by molar-refractivity contribution is -0.0514. The number of likely N-dealkylation sites (tertiary alicyclic amines) is 1. The number of nitrogens with zero attached hydrogens (tertiary/aromatic N) is 1. The predicted octanol–water partition coefficient (Wildman–Crippen LogP) is 2.11. The summed E-state index contributed by atoms with van der Waals surface area (Å²) in [5.41, 5.74) is 6.50. The summed E-state index contributed by atoms with van der Waals surface area (Å²) in [5.74, 6) is 0.515. The van der Waals surface area contributed by atoms with Gasteiger partial charge in [-0.05, 0) is 30.7 Å².